The summed E-state index contributed by atoms with van der Waals surface area (Å²) in [7, 11) is 0. The van der Waals surface area contributed by atoms with E-state index in [1.54, 1.807) is 0 Å². The van der Waals surface area contributed by atoms with E-state index in [0.29, 0.717) is 0 Å². The molecule has 0 fully saturated rings. The second kappa shape index (κ2) is 19.1. The molecule has 0 saturated carbocycles. The number of benzene rings is 11. The Hall–Kier alpha value is -8.98. The third-order valence-corrected chi connectivity index (χ3v) is 14.5. The van der Waals surface area contributed by atoms with Crippen molar-refractivity contribution >= 4 is 39.0 Å². The topological polar surface area (TPSA) is 16.4 Å². The standard InChI is InChI=1S/C70H53NO/c1-47-20-10-12-29-58(47)61-31-14-16-33-63(61)68(64-34-17-15-32-62(64)59-30-13-11-21-48(59)2)65-45-44-60(70-69(65)67-49(3)22-18-35-66(67)72-70)53-38-42-56(43-39-53)71(55-40-36-52(37-41-55)50-23-6-4-7-24-50)57-28-19-27-54(46-57)51-25-8-5-9-26-51/h4-46,68H,1-3H3. The second-order valence-corrected chi connectivity index (χ2v) is 18.9. The van der Waals surface area contributed by atoms with E-state index in [0.717, 1.165) is 50.1 Å². The SMILES string of the molecule is Cc1ccccc1-c1ccccc1C(c1ccccc1-c1ccccc1C)c1ccc(-c2ccc(N(c3ccc(-c4ccccc4)cc3)c3cccc(-c4ccccc4)c3)cc2)c2oc3cccc(C)c3c12. The molecule has 1 heterocycles. The molecule has 0 amide bonds. The molecule has 0 radical (unpaired) electrons. The van der Waals surface area contributed by atoms with Crippen molar-refractivity contribution in [3.05, 3.63) is 294 Å². The van der Waals surface area contributed by atoms with E-state index < -0.39 is 0 Å². The Kier molecular flexibility index (Phi) is 11.7. The minimum absolute atomic E-state index is 0.149. The van der Waals surface area contributed by atoms with Gasteiger partial charge in [0.2, 0.25) is 0 Å². The van der Waals surface area contributed by atoms with Crippen LogP contribution in [0.2, 0.25) is 0 Å². The molecule has 344 valence electrons. The van der Waals surface area contributed by atoms with Crippen molar-refractivity contribution in [2.75, 3.05) is 4.90 Å². The molecule has 0 atom stereocenters. The van der Waals surface area contributed by atoms with Crippen LogP contribution in [0.5, 0.6) is 0 Å². The number of rotatable bonds is 11. The number of anilines is 3. The molecule has 1 aromatic heterocycles. The molecule has 72 heavy (non-hydrogen) atoms. The van der Waals surface area contributed by atoms with Crippen molar-refractivity contribution in [3.63, 3.8) is 0 Å². The van der Waals surface area contributed by atoms with E-state index in [1.807, 2.05) is 0 Å². The third-order valence-electron chi connectivity index (χ3n) is 14.5. The van der Waals surface area contributed by atoms with Crippen LogP contribution in [0.3, 0.4) is 0 Å². The molecule has 12 aromatic rings. The Morgan fingerprint density at radius 1 is 0.292 bits per heavy atom. The lowest BCUT2D eigenvalue weighted by molar-refractivity contribution is 0.669. The molecule has 2 nitrogen and oxygen atoms in total. The Labute approximate surface area is 422 Å². The van der Waals surface area contributed by atoms with Crippen LogP contribution >= 0.6 is 0 Å². The molecule has 12 rings (SSSR count). The van der Waals surface area contributed by atoms with Crippen LogP contribution in [0.25, 0.3) is 77.6 Å². The lowest BCUT2D eigenvalue weighted by Crippen LogP contribution is -2.10. The van der Waals surface area contributed by atoms with E-state index in [1.165, 1.54) is 77.9 Å². The van der Waals surface area contributed by atoms with Crippen LogP contribution in [0.15, 0.2) is 265 Å². The van der Waals surface area contributed by atoms with Gasteiger partial charge in [-0.1, -0.05) is 218 Å². The normalized spacial score (nSPS) is 11.4. The number of furan rings is 1. The van der Waals surface area contributed by atoms with E-state index in [4.69, 9.17) is 4.42 Å². The van der Waals surface area contributed by atoms with Gasteiger partial charge in [0, 0.05) is 39.3 Å². The summed E-state index contributed by atoms with van der Waals surface area (Å²) >= 11 is 0. The van der Waals surface area contributed by atoms with E-state index >= 15 is 0 Å². The molecule has 0 saturated heterocycles. The first-order valence-corrected chi connectivity index (χ1v) is 24.9. The quantitative estimate of drug-likeness (QED) is 0.120. The summed E-state index contributed by atoms with van der Waals surface area (Å²) in [6.07, 6.45) is 0. The second-order valence-electron chi connectivity index (χ2n) is 18.9. The third kappa shape index (κ3) is 8.17. The van der Waals surface area contributed by atoms with Crippen LogP contribution in [0.4, 0.5) is 17.1 Å². The Morgan fingerprint density at radius 2 is 0.750 bits per heavy atom. The largest absolute Gasteiger partial charge is 0.455 e. The zero-order valence-electron chi connectivity index (χ0n) is 40.8. The average molecular weight is 924 g/mol. The molecule has 2 heteroatoms. The fraction of sp³-hybridized carbons (Fsp3) is 0.0571. The fourth-order valence-electron chi connectivity index (χ4n) is 11.0. The molecule has 0 spiro atoms. The van der Waals surface area contributed by atoms with Crippen LogP contribution in [0.1, 0.15) is 39.3 Å². The molecule has 0 aliphatic carbocycles. The minimum atomic E-state index is -0.149. The summed E-state index contributed by atoms with van der Waals surface area (Å²) in [5, 5.41) is 2.29. The molecule has 0 aliphatic rings. The first-order valence-electron chi connectivity index (χ1n) is 24.9. The zero-order chi connectivity index (χ0) is 48.5. The van der Waals surface area contributed by atoms with Crippen molar-refractivity contribution in [2.45, 2.75) is 26.7 Å². The molecule has 11 aromatic carbocycles. The molecule has 0 N–H and O–H groups in total. The summed E-state index contributed by atoms with van der Waals surface area (Å²) in [5.74, 6) is -0.149. The highest BCUT2D eigenvalue weighted by Crippen LogP contribution is 2.49. The van der Waals surface area contributed by atoms with Gasteiger partial charge in [-0.05, 0) is 147 Å². The predicted octanol–water partition coefficient (Wildman–Crippen LogP) is 19.5. The Balaban J connectivity index is 1.04. The van der Waals surface area contributed by atoms with Gasteiger partial charge in [-0.2, -0.15) is 0 Å². The van der Waals surface area contributed by atoms with Gasteiger partial charge in [-0.3, -0.25) is 0 Å². The number of hydrogen-bond acceptors (Lipinski definition) is 2. The summed E-state index contributed by atoms with van der Waals surface area (Å²) in [4.78, 5) is 2.36. The Morgan fingerprint density at radius 3 is 1.33 bits per heavy atom. The van der Waals surface area contributed by atoms with Crippen molar-refractivity contribution in [3.8, 4) is 55.6 Å². The molecular formula is C70H53NO. The maximum absolute atomic E-state index is 7.16. The van der Waals surface area contributed by atoms with Crippen molar-refractivity contribution < 1.29 is 4.42 Å². The summed E-state index contributed by atoms with van der Waals surface area (Å²) in [5.41, 5.74) is 24.2. The first-order chi connectivity index (χ1) is 35.5. The summed E-state index contributed by atoms with van der Waals surface area (Å²) in [6, 6.07) is 94.7. The highest BCUT2D eigenvalue weighted by Gasteiger charge is 2.29. The predicted molar refractivity (Wildman–Crippen MR) is 304 cm³/mol. The van der Waals surface area contributed by atoms with Crippen molar-refractivity contribution in [1.82, 2.24) is 0 Å². The van der Waals surface area contributed by atoms with Crippen LogP contribution < -0.4 is 4.90 Å². The maximum atomic E-state index is 7.16. The van der Waals surface area contributed by atoms with Crippen LogP contribution in [-0.2, 0) is 0 Å². The lowest BCUT2D eigenvalue weighted by Gasteiger charge is -2.27. The van der Waals surface area contributed by atoms with E-state index in [-0.39, 0.29) is 5.92 Å². The number of hydrogen-bond donors (Lipinski definition) is 0. The molecule has 0 aliphatic heterocycles. The molecule has 0 bridgehead atoms. The Bertz CT molecular complexity index is 3800. The van der Waals surface area contributed by atoms with Crippen molar-refractivity contribution in [2.24, 2.45) is 0 Å². The summed E-state index contributed by atoms with van der Waals surface area (Å²) < 4.78 is 7.16. The fourth-order valence-corrected chi connectivity index (χ4v) is 11.0. The lowest BCUT2D eigenvalue weighted by atomic mass is 9.76. The number of aryl methyl sites for hydroxylation is 3. The highest BCUT2D eigenvalue weighted by atomic mass is 16.3. The average Bonchev–Trinajstić information content (AvgIpc) is 3.84. The van der Waals surface area contributed by atoms with Gasteiger partial charge in [-0.15, -0.1) is 0 Å². The van der Waals surface area contributed by atoms with Gasteiger partial charge in [0.05, 0.1) is 0 Å². The van der Waals surface area contributed by atoms with Gasteiger partial charge < -0.3 is 9.32 Å². The first kappa shape index (κ1) is 44.2. The van der Waals surface area contributed by atoms with Gasteiger partial charge in [0.15, 0.2) is 0 Å². The van der Waals surface area contributed by atoms with Crippen LogP contribution in [0, 0.1) is 20.8 Å². The van der Waals surface area contributed by atoms with Crippen LogP contribution in [-0.4, -0.2) is 0 Å². The highest BCUT2D eigenvalue weighted by molar-refractivity contribution is 6.13. The van der Waals surface area contributed by atoms with Gasteiger partial charge in [-0.25, -0.2) is 0 Å². The van der Waals surface area contributed by atoms with E-state index in [2.05, 4.69) is 287 Å². The molecule has 0 unspecified atom stereocenters. The van der Waals surface area contributed by atoms with E-state index in [9.17, 15) is 0 Å². The summed E-state index contributed by atoms with van der Waals surface area (Å²) in [6.45, 7) is 6.65. The zero-order valence-corrected chi connectivity index (χ0v) is 40.8. The monoisotopic (exact) mass is 923 g/mol. The molecular weight excluding hydrogens is 871 g/mol. The number of fused-ring (bicyclic) bond motifs is 3. The van der Waals surface area contributed by atoms with Gasteiger partial charge in [0.25, 0.3) is 0 Å². The smallest absolute Gasteiger partial charge is 0.143 e. The van der Waals surface area contributed by atoms with Gasteiger partial charge in [0.1, 0.15) is 11.2 Å². The van der Waals surface area contributed by atoms with Gasteiger partial charge >= 0.3 is 0 Å². The maximum Gasteiger partial charge on any atom is 0.143 e. The van der Waals surface area contributed by atoms with Crippen molar-refractivity contribution in [1.29, 1.82) is 0 Å². The minimum Gasteiger partial charge on any atom is -0.455 e. The number of nitrogens with zero attached hydrogens (tertiary/aromatic N) is 1.